The number of rotatable bonds is 2. The van der Waals surface area contributed by atoms with Crippen LogP contribution in [0.5, 0.6) is 0 Å². The first-order valence-corrected chi connectivity index (χ1v) is 10.2. The molecule has 130 valence electrons. The molecule has 1 aliphatic rings. The van der Waals surface area contributed by atoms with E-state index in [1.54, 1.807) is 22.7 Å². The van der Waals surface area contributed by atoms with Gasteiger partial charge in [-0.05, 0) is 12.1 Å². The number of hydrogen-bond donors (Lipinski definition) is 0. The average molecular weight is 373 g/mol. The van der Waals surface area contributed by atoms with E-state index in [4.69, 9.17) is 0 Å². The molecular formula is C19H20N2O2S2. The number of fused-ring (bicyclic) bond motifs is 3. The van der Waals surface area contributed by atoms with Gasteiger partial charge in [0.05, 0.1) is 9.58 Å². The molecule has 2 amide bonds. The minimum atomic E-state index is 0.0135. The van der Waals surface area contributed by atoms with Gasteiger partial charge in [0, 0.05) is 46.9 Å². The third kappa shape index (κ3) is 2.93. The Kier molecular flexibility index (Phi) is 4.25. The molecule has 0 aliphatic carbocycles. The number of benzene rings is 1. The zero-order valence-corrected chi connectivity index (χ0v) is 16.0. The lowest BCUT2D eigenvalue weighted by atomic mass is 10.1. The van der Waals surface area contributed by atoms with Gasteiger partial charge < -0.3 is 9.80 Å². The van der Waals surface area contributed by atoms with E-state index in [1.807, 2.05) is 41.8 Å². The van der Waals surface area contributed by atoms with Gasteiger partial charge in [0.1, 0.15) is 0 Å². The molecule has 1 saturated heterocycles. The highest BCUT2D eigenvalue weighted by Gasteiger charge is 2.27. The molecule has 25 heavy (non-hydrogen) atoms. The average Bonchev–Trinajstić information content (AvgIpc) is 3.18. The molecule has 1 aliphatic heterocycles. The third-order valence-corrected chi connectivity index (χ3v) is 7.04. The normalized spacial score (nSPS) is 15.5. The summed E-state index contributed by atoms with van der Waals surface area (Å²) >= 11 is 3.33. The highest BCUT2D eigenvalue weighted by atomic mass is 32.1. The Hall–Kier alpha value is -1.92. The van der Waals surface area contributed by atoms with E-state index in [0.717, 1.165) is 4.88 Å². The van der Waals surface area contributed by atoms with Gasteiger partial charge in [0.25, 0.3) is 5.91 Å². The maximum Gasteiger partial charge on any atom is 0.264 e. The van der Waals surface area contributed by atoms with E-state index in [0.29, 0.717) is 26.2 Å². The summed E-state index contributed by atoms with van der Waals surface area (Å²) < 4.78 is 3.66. The van der Waals surface area contributed by atoms with Crippen LogP contribution in [0.25, 0.3) is 19.5 Å². The lowest BCUT2D eigenvalue weighted by Gasteiger charge is -2.35. The second-order valence-corrected chi connectivity index (χ2v) is 8.81. The molecule has 3 heterocycles. The monoisotopic (exact) mass is 372 g/mol. The fourth-order valence-electron chi connectivity index (χ4n) is 3.26. The standard InChI is InChI=1S/C19H20N2O2S2/c1-12(2)18(22)20-7-9-21(10-8-20)19(23)16-11-15-17(25-16)13-5-3-4-6-14(13)24-15/h3-6,11-12H,7-10H2,1-2H3. The first-order chi connectivity index (χ1) is 12.0. The topological polar surface area (TPSA) is 40.6 Å². The number of hydrogen-bond acceptors (Lipinski definition) is 4. The van der Waals surface area contributed by atoms with Gasteiger partial charge in [0.2, 0.25) is 5.91 Å². The molecule has 2 aromatic heterocycles. The van der Waals surface area contributed by atoms with Gasteiger partial charge in [-0.3, -0.25) is 9.59 Å². The molecule has 3 aromatic rings. The van der Waals surface area contributed by atoms with Crippen molar-refractivity contribution < 1.29 is 9.59 Å². The summed E-state index contributed by atoms with van der Waals surface area (Å²) in [6.45, 7) is 6.33. The Labute approximate surface area is 154 Å². The Bertz CT molecular complexity index is 949. The summed E-state index contributed by atoms with van der Waals surface area (Å²) in [5, 5.41) is 1.24. The Morgan fingerprint density at radius 3 is 2.36 bits per heavy atom. The van der Waals surface area contributed by atoms with Crippen molar-refractivity contribution >= 4 is 54.0 Å². The fraction of sp³-hybridized carbons (Fsp3) is 0.368. The number of piperazine rings is 1. The molecule has 4 nitrogen and oxygen atoms in total. The molecule has 1 aromatic carbocycles. The molecular weight excluding hydrogens is 352 g/mol. The van der Waals surface area contributed by atoms with Gasteiger partial charge >= 0.3 is 0 Å². The summed E-state index contributed by atoms with van der Waals surface area (Å²) in [5.74, 6) is 0.281. The van der Waals surface area contributed by atoms with Crippen LogP contribution in [0, 0.1) is 5.92 Å². The van der Waals surface area contributed by atoms with Crippen molar-refractivity contribution in [1.29, 1.82) is 0 Å². The van der Waals surface area contributed by atoms with E-state index in [9.17, 15) is 9.59 Å². The quantitative estimate of drug-likeness (QED) is 0.681. The first-order valence-electron chi connectivity index (χ1n) is 8.53. The van der Waals surface area contributed by atoms with E-state index >= 15 is 0 Å². The molecule has 0 saturated carbocycles. The van der Waals surface area contributed by atoms with Crippen molar-refractivity contribution in [2.45, 2.75) is 13.8 Å². The van der Waals surface area contributed by atoms with Crippen molar-refractivity contribution in [3.63, 3.8) is 0 Å². The van der Waals surface area contributed by atoms with Crippen molar-refractivity contribution in [3.8, 4) is 0 Å². The number of thiophene rings is 2. The van der Waals surface area contributed by atoms with Crippen LogP contribution >= 0.6 is 22.7 Å². The molecule has 4 rings (SSSR count). The predicted octanol–water partition coefficient (Wildman–Crippen LogP) is 4.06. The molecule has 6 heteroatoms. The zero-order chi connectivity index (χ0) is 17.6. The Morgan fingerprint density at radius 1 is 0.960 bits per heavy atom. The number of nitrogens with zero attached hydrogens (tertiary/aromatic N) is 2. The first kappa shape index (κ1) is 16.5. The lowest BCUT2D eigenvalue weighted by Crippen LogP contribution is -2.51. The number of amides is 2. The fourth-order valence-corrected chi connectivity index (χ4v) is 5.75. The van der Waals surface area contributed by atoms with Crippen molar-refractivity contribution in [3.05, 3.63) is 35.2 Å². The summed E-state index contributed by atoms with van der Waals surface area (Å²) in [4.78, 5) is 29.5. The van der Waals surface area contributed by atoms with Gasteiger partial charge in [-0.2, -0.15) is 0 Å². The highest BCUT2D eigenvalue weighted by Crippen LogP contribution is 2.39. The van der Waals surface area contributed by atoms with E-state index in [-0.39, 0.29) is 17.7 Å². The van der Waals surface area contributed by atoms with Crippen LogP contribution in [-0.2, 0) is 4.79 Å². The Morgan fingerprint density at radius 2 is 1.64 bits per heavy atom. The number of carbonyl (C=O) groups excluding carboxylic acids is 2. The minimum absolute atomic E-state index is 0.0135. The Balaban J connectivity index is 1.52. The van der Waals surface area contributed by atoms with E-state index < -0.39 is 0 Å². The van der Waals surface area contributed by atoms with Gasteiger partial charge in [-0.15, -0.1) is 22.7 Å². The van der Waals surface area contributed by atoms with Gasteiger partial charge in [-0.1, -0.05) is 32.0 Å². The van der Waals surface area contributed by atoms with Gasteiger partial charge in [-0.25, -0.2) is 0 Å². The molecule has 0 unspecified atom stereocenters. The van der Waals surface area contributed by atoms with Crippen LogP contribution in [-0.4, -0.2) is 47.8 Å². The summed E-state index contributed by atoms with van der Waals surface area (Å²) in [6.07, 6.45) is 0. The maximum atomic E-state index is 12.9. The van der Waals surface area contributed by atoms with Crippen LogP contribution in [0.2, 0.25) is 0 Å². The van der Waals surface area contributed by atoms with Crippen molar-refractivity contribution in [1.82, 2.24) is 9.80 Å². The molecule has 0 atom stereocenters. The summed E-state index contributed by atoms with van der Waals surface area (Å²) in [5.41, 5.74) is 0. The van der Waals surface area contributed by atoms with Crippen LogP contribution in [0.3, 0.4) is 0 Å². The third-order valence-electron chi connectivity index (χ3n) is 4.63. The minimum Gasteiger partial charge on any atom is -0.339 e. The smallest absolute Gasteiger partial charge is 0.264 e. The second-order valence-electron chi connectivity index (χ2n) is 6.67. The zero-order valence-electron chi connectivity index (χ0n) is 14.3. The molecule has 0 spiro atoms. The summed E-state index contributed by atoms with van der Waals surface area (Å²) in [6, 6.07) is 10.4. The molecule has 1 fully saturated rings. The molecule has 0 radical (unpaired) electrons. The highest BCUT2D eigenvalue weighted by molar-refractivity contribution is 7.33. The van der Waals surface area contributed by atoms with Crippen molar-refractivity contribution in [2.75, 3.05) is 26.2 Å². The van der Waals surface area contributed by atoms with E-state index in [2.05, 4.69) is 12.1 Å². The SMILES string of the molecule is CC(C)C(=O)N1CCN(C(=O)c2cc3sc4ccccc4c3s2)CC1. The largest absolute Gasteiger partial charge is 0.339 e. The van der Waals surface area contributed by atoms with Crippen molar-refractivity contribution in [2.24, 2.45) is 5.92 Å². The maximum absolute atomic E-state index is 12.9. The second kappa shape index (κ2) is 6.42. The van der Waals surface area contributed by atoms with Crippen LogP contribution in [0.4, 0.5) is 0 Å². The lowest BCUT2D eigenvalue weighted by molar-refractivity contribution is -0.135. The van der Waals surface area contributed by atoms with Crippen LogP contribution < -0.4 is 0 Å². The van der Waals surface area contributed by atoms with Crippen LogP contribution in [0.15, 0.2) is 30.3 Å². The molecule has 0 N–H and O–H groups in total. The van der Waals surface area contributed by atoms with Gasteiger partial charge in [0.15, 0.2) is 0 Å². The van der Waals surface area contributed by atoms with E-state index in [1.165, 1.54) is 19.5 Å². The predicted molar refractivity (Wildman–Crippen MR) is 105 cm³/mol. The van der Waals surface area contributed by atoms with Crippen LogP contribution in [0.1, 0.15) is 23.5 Å². The molecule has 0 bridgehead atoms. The summed E-state index contributed by atoms with van der Waals surface area (Å²) in [7, 11) is 0. The number of carbonyl (C=O) groups is 2.